The van der Waals surface area contributed by atoms with Gasteiger partial charge in [0.25, 0.3) is 0 Å². The van der Waals surface area contributed by atoms with Crippen molar-refractivity contribution in [2.24, 2.45) is 11.1 Å². The molecule has 1 aromatic carbocycles. The van der Waals surface area contributed by atoms with Crippen LogP contribution >= 0.6 is 23.2 Å². The molecule has 1 nitrogen and oxygen atoms in total. The second kappa shape index (κ2) is 4.46. The highest BCUT2D eigenvalue weighted by atomic mass is 35.5. The van der Waals surface area contributed by atoms with Crippen LogP contribution in [-0.2, 0) is 5.54 Å². The van der Waals surface area contributed by atoms with Crippen molar-refractivity contribution in [3.05, 3.63) is 33.8 Å². The molecule has 3 heteroatoms. The van der Waals surface area contributed by atoms with Gasteiger partial charge in [0.1, 0.15) is 0 Å². The molecule has 0 radical (unpaired) electrons. The topological polar surface area (TPSA) is 26.0 Å². The number of benzene rings is 1. The van der Waals surface area contributed by atoms with Gasteiger partial charge in [-0.3, -0.25) is 0 Å². The lowest BCUT2D eigenvalue weighted by atomic mass is 9.53. The highest BCUT2D eigenvalue weighted by molar-refractivity contribution is 6.36. The van der Waals surface area contributed by atoms with Crippen LogP contribution in [0.25, 0.3) is 0 Å². The Hall–Kier alpha value is -0.240. The summed E-state index contributed by atoms with van der Waals surface area (Å²) in [4.78, 5) is 0. The third kappa shape index (κ3) is 2.09. The van der Waals surface area contributed by atoms with E-state index in [9.17, 15) is 0 Å². The normalized spacial score (nSPS) is 21.0. The second-order valence-corrected chi connectivity index (χ2v) is 6.13. The fourth-order valence-electron chi connectivity index (χ4n) is 3.19. The van der Waals surface area contributed by atoms with E-state index in [4.69, 9.17) is 28.9 Å². The maximum absolute atomic E-state index is 6.48. The standard InChI is InChI=1S/C14H19Cl2N/c1-3-13(4-2)8-14(17,9-13)12-10(15)6-5-7-11(12)16/h5-7H,3-4,8-9,17H2,1-2H3. The van der Waals surface area contributed by atoms with Gasteiger partial charge in [-0.15, -0.1) is 0 Å². The van der Waals surface area contributed by atoms with Gasteiger partial charge in [0, 0.05) is 21.1 Å². The summed E-state index contributed by atoms with van der Waals surface area (Å²) in [5.41, 5.74) is 7.47. The Bertz CT molecular complexity index is 396. The van der Waals surface area contributed by atoms with Gasteiger partial charge in [0.15, 0.2) is 0 Å². The van der Waals surface area contributed by atoms with E-state index in [0.29, 0.717) is 15.5 Å². The van der Waals surface area contributed by atoms with Gasteiger partial charge in [-0.1, -0.05) is 56.0 Å². The lowest BCUT2D eigenvalue weighted by molar-refractivity contribution is 0.0168. The Morgan fingerprint density at radius 2 is 1.59 bits per heavy atom. The molecule has 0 bridgehead atoms. The van der Waals surface area contributed by atoms with Crippen molar-refractivity contribution < 1.29 is 0 Å². The summed E-state index contributed by atoms with van der Waals surface area (Å²) in [7, 11) is 0. The molecule has 17 heavy (non-hydrogen) atoms. The van der Waals surface area contributed by atoms with E-state index in [0.717, 1.165) is 18.4 Å². The van der Waals surface area contributed by atoms with Gasteiger partial charge in [-0.05, 0) is 30.4 Å². The van der Waals surface area contributed by atoms with Gasteiger partial charge in [0.05, 0.1) is 0 Å². The molecule has 0 aliphatic heterocycles. The Morgan fingerprint density at radius 1 is 1.12 bits per heavy atom. The molecular formula is C14H19Cl2N. The number of nitrogens with two attached hydrogens (primary N) is 1. The van der Waals surface area contributed by atoms with Gasteiger partial charge in [0.2, 0.25) is 0 Å². The van der Waals surface area contributed by atoms with Crippen LogP contribution in [0.5, 0.6) is 0 Å². The predicted molar refractivity (Wildman–Crippen MR) is 74.6 cm³/mol. The first-order chi connectivity index (χ1) is 7.96. The van der Waals surface area contributed by atoms with E-state index in [1.165, 1.54) is 12.8 Å². The van der Waals surface area contributed by atoms with E-state index in [1.54, 1.807) is 0 Å². The average Bonchev–Trinajstić information content (AvgIpc) is 2.24. The van der Waals surface area contributed by atoms with Crippen LogP contribution in [0.4, 0.5) is 0 Å². The van der Waals surface area contributed by atoms with Crippen LogP contribution in [0.2, 0.25) is 10.0 Å². The molecule has 0 heterocycles. The molecule has 0 spiro atoms. The van der Waals surface area contributed by atoms with Gasteiger partial charge >= 0.3 is 0 Å². The summed E-state index contributed by atoms with van der Waals surface area (Å²) in [5.74, 6) is 0. The van der Waals surface area contributed by atoms with Crippen molar-refractivity contribution in [2.75, 3.05) is 0 Å². The largest absolute Gasteiger partial charge is 0.321 e. The summed E-state index contributed by atoms with van der Waals surface area (Å²) in [6.45, 7) is 4.47. The Kier molecular flexibility index (Phi) is 3.46. The summed E-state index contributed by atoms with van der Waals surface area (Å²) >= 11 is 12.5. The zero-order valence-electron chi connectivity index (χ0n) is 10.4. The zero-order chi connectivity index (χ0) is 12.7. The van der Waals surface area contributed by atoms with E-state index in [-0.39, 0.29) is 5.54 Å². The van der Waals surface area contributed by atoms with Crippen LogP contribution in [0.15, 0.2) is 18.2 Å². The number of rotatable bonds is 3. The van der Waals surface area contributed by atoms with Crippen molar-refractivity contribution in [2.45, 2.75) is 45.1 Å². The van der Waals surface area contributed by atoms with Crippen molar-refractivity contribution in [1.29, 1.82) is 0 Å². The number of hydrogen-bond acceptors (Lipinski definition) is 1. The first-order valence-electron chi connectivity index (χ1n) is 6.20. The summed E-state index contributed by atoms with van der Waals surface area (Å²) in [6, 6.07) is 5.60. The predicted octanol–water partition coefficient (Wildman–Crippen LogP) is 4.75. The van der Waals surface area contributed by atoms with Crippen LogP contribution in [-0.4, -0.2) is 0 Å². The lowest BCUT2D eigenvalue weighted by Crippen LogP contribution is -2.55. The second-order valence-electron chi connectivity index (χ2n) is 5.31. The molecule has 2 rings (SSSR count). The first-order valence-corrected chi connectivity index (χ1v) is 6.95. The number of hydrogen-bond donors (Lipinski definition) is 1. The molecule has 94 valence electrons. The molecule has 1 aliphatic rings. The molecule has 1 aliphatic carbocycles. The molecule has 0 saturated heterocycles. The Balaban J connectivity index is 2.31. The summed E-state index contributed by atoms with van der Waals surface area (Å²) in [5, 5.41) is 1.39. The Morgan fingerprint density at radius 3 is 2.00 bits per heavy atom. The molecule has 0 aromatic heterocycles. The molecule has 0 atom stereocenters. The number of halogens is 2. The highest BCUT2D eigenvalue weighted by Gasteiger charge is 2.52. The van der Waals surface area contributed by atoms with Crippen molar-refractivity contribution in [3.63, 3.8) is 0 Å². The molecule has 1 aromatic rings. The van der Waals surface area contributed by atoms with Crippen LogP contribution < -0.4 is 5.73 Å². The van der Waals surface area contributed by atoms with Crippen LogP contribution in [0, 0.1) is 5.41 Å². The van der Waals surface area contributed by atoms with Gasteiger partial charge in [-0.25, -0.2) is 0 Å². The van der Waals surface area contributed by atoms with E-state index < -0.39 is 0 Å². The van der Waals surface area contributed by atoms with E-state index in [2.05, 4.69) is 13.8 Å². The van der Waals surface area contributed by atoms with E-state index in [1.807, 2.05) is 18.2 Å². The van der Waals surface area contributed by atoms with Crippen molar-refractivity contribution >= 4 is 23.2 Å². The third-order valence-electron chi connectivity index (χ3n) is 4.34. The lowest BCUT2D eigenvalue weighted by Gasteiger charge is -2.55. The fourth-order valence-corrected chi connectivity index (χ4v) is 3.96. The third-order valence-corrected chi connectivity index (χ3v) is 4.97. The van der Waals surface area contributed by atoms with Crippen LogP contribution in [0.1, 0.15) is 45.1 Å². The first kappa shape index (κ1) is 13.2. The summed E-state index contributed by atoms with van der Waals surface area (Å²) in [6.07, 6.45) is 4.31. The fraction of sp³-hybridized carbons (Fsp3) is 0.571. The summed E-state index contributed by atoms with van der Waals surface area (Å²) < 4.78 is 0. The van der Waals surface area contributed by atoms with Crippen LogP contribution in [0.3, 0.4) is 0 Å². The van der Waals surface area contributed by atoms with Crippen molar-refractivity contribution in [1.82, 2.24) is 0 Å². The zero-order valence-corrected chi connectivity index (χ0v) is 11.9. The smallest absolute Gasteiger partial charge is 0.0471 e. The molecule has 1 fully saturated rings. The average molecular weight is 272 g/mol. The van der Waals surface area contributed by atoms with Crippen molar-refractivity contribution in [3.8, 4) is 0 Å². The SMILES string of the molecule is CCC1(CC)CC(N)(c2c(Cl)cccc2Cl)C1. The Labute approximate surface area is 113 Å². The maximum Gasteiger partial charge on any atom is 0.0471 e. The maximum atomic E-state index is 6.48. The molecule has 0 unspecified atom stereocenters. The highest BCUT2D eigenvalue weighted by Crippen LogP contribution is 2.58. The van der Waals surface area contributed by atoms with Gasteiger partial charge in [-0.2, -0.15) is 0 Å². The molecule has 1 saturated carbocycles. The minimum atomic E-state index is -0.332. The van der Waals surface area contributed by atoms with Gasteiger partial charge < -0.3 is 5.73 Å². The monoisotopic (exact) mass is 271 g/mol. The quantitative estimate of drug-likeness (QED) is 0.844. The molecule has 2 N–H and O–H groups in total. The van der Waals surface area contributed by atoms with E-state index >= 15 is 0 Å². The molecular weight excluding hydrogens is 253 g/mol. The minimum Gasteiger partial charge on any atom is -0.321 e. The molecule has 0 amide bonds. The minimum absolute atomic E-state index is 0.332.